The van der Waals surface area contributed by atoms with Crippen LogP contribution in [0.3, 0.4) is 0 Å². The lowest BCUT2D eigenvalue weighted by Gasteiger charge is -2.31. The molecule has 0 saturated carbocycles. The molecule has 1 fully saturated rings. The summed E-state index contributed by atoms with van der Waals surface area (Å²) >= 11 is 0. The number of likely N-dealkylation sites (tertiary alicyclic amines) is 1. The number of rotatable bonds is 12. The number of aliphatic carboxylic acids is 1. The topological polar surface area (TPSA) is 149 Å². The number of carboxylic acid groups (broad SMARTS) is 1. The number of H-pyrrole nitrogens is 1. The molecule has 0 aliphatic carbocycles. The highest BCUT2D eigenvalue weighted by Gasteiger charge is 2.22. The molecule has 0 spiro atoms. The molecule has 0 amide bonds. The Bertz CT molecular complexity index is 1230. The van der Waals surface area contributed by atoms with E-state index >= 15 is 0 Å². The lowest BCUT2D eigenvalue weighted by molar-refractivity contribution is -0.136. The van der Waals surface area contributed by atoms with Crippen molar-refractivity contribution in [3.8, 4) is 11.8 Å². The van der Waals surface area contributed by atoms with Crippen LogP contribution < -0.4 is 20.9 Å². The first-order chi connectivity index (χ1) is 17.4. The van der Waals surface area contributed by atoms with Gasteiger partial charge in [-0.25, -0.2) is 4.79 Å². The molecule has 36 heavy (non-hydrogen) atoms. The fraction of sp³-hybridized carbons (Fsp3) is 0.520. The number of carbonyl (C=O) groups is 1. The summed E-state index contributed by atoms with van der Waals surface area (Å²) in [6.45, 7) is 6.27. The van der Waals surface area contributed by atoms with Crippen LogP contribution in [0.25, 0.3) is 11.2 Å². The Kier molecular flexibility index (Phi) is 8.42. The summed E-state index contributed by atoms with van der Waals surface area (Å²) in [4.78, 5) is 37.3. The van der Waals surface area contributed by atoms with E-state index < -0.39 is 5.97 Å². The average molecular weight is 499 g/mol. The number of ether oxygens (including phenoxy) is 2. The Balaban J connectivity index is 1.29. The Morgan fingerprint density at radius 1 is 1.22 bits per heavy atom. The fourth-order valence-corrected chi connectivity index (χ4v) is 4.44. The number of carboxylic acids is 1. The molecule has 3 aromatic rings. The smallest absolute Gasteiger partial charge is 0.327 e. The summed E-state index contributed by atoms with van der Waals surface area (Å²) in [6.07, 6.45) is 3.77. The second-order valence-electron chi connectivity index (χ2n) is 9.18. The molecule has 11 heteroatoms. The van der Waals surface area contributed by atoms with E-state index in [1.807, 2.05) is 12.1 Å². The monoisotopic (exact) mass is 498 g/mol. The molecule has 1 aliphatic rings. The van der Waals surface area contributed by atoms with Gasteiger partial charge in [0.15, 0.2) is 11.5 Å². The Hall–Kier alpha value is -3.60. The van der Waals surface area contributed by atoms with E-state index in [0.717, 1.165) is 50.9 Å². The second kappa shape index (κ2) is 11.9. The molecule has 1 aromatic carbocycles. The number of nitrogens with one attached hydrogen (secondary N) is 1. The van der Waals surface area contributed by atoms with E-state index in [1.54, 1.807) is 16.7 Å². The van der Waals surface area contributed by atoms with Gasteiger partial charge in [0, 0.05) is 13.1 Å². The Morgan fingerprint density at radius 2 is 2.03 bits per heavy atom. The summed E-state index contributed by atoms with van der Waals surface area (Å²) in [7, 11) is 0. The van der Waals surface area contributed by atoms with Crippen molar-refractivity contribution in [2.75, 3.05) is 38.6 Å². The standard InChI is InChI=1S/C25H34N6O5/c1-2-3-12-36-24-28-22(26)21-23(29-24)31(25(34)27-21)16-17-7-9-30(10-8-17)11-13-35-19-6-4-5-18(14-19)15-20(32)33/h4-6,14,17H,2-3,7-13,15-16H2,1H3,(H,27,34)(H,32,33)(H2,26,28,29). The van der Waals surface area contributed by atoms with E-state index in [9.17, 15) is 9.59 Å². The minimum atomic E-state index is -0.860. The van der Waals surface area contributed by atoms with Gasteiger partial charge in [-0.2, -0.15) is 9.97 Å². The lowest BCUT2D eigenvalue weighted by Crippen LogP contribution is -2.38. The van der Waals surface area contributed by atoms with Crippen molar-refractivity contribution in [3.63, 3.8) is 0 Å². The summed E-state index contributed by atoms with van der Waals surface area (Å²) < 4.78 is 13.1. The molecule has 1 aliphatic heterocycles. The lowest BCUT2D eigenvalue weighted by atomic mass is 9.97. The second-order valence-corrected chi connectivity index (χ2v) is 9.18. The van der Waals surface area contributed by atoms with Crippen molar-refractivity contribution in [2.24, 2.45) is 5.92 Å². The maximum atomic E-state index is 12.6. The number of nitrogen functional groups attached to an aromatic ring is 1. The summed E-state index contributed by atoms with van der Waals surface area (Å²) in [6, 6.07) is 7.41. The maximum Gasteiger partial charge on any atom is 0.327 e. The van der Waals surface area contributed by atoms with Crippen LogP contribution in [0.15, 0.2) is 29.1 Å². The summed E-state index contributed by atoms with van der Waals surface area (Å²) in [5.41, 5.74) is 7.47. The van der Waals surface area contributed by atoms with Gasteiger partial charge in [-0.3, -0.25) is 14.3 Å². The predicted molar refractivity (Wildman–Crippen MR) is 135 cm³/mol. The van der Waals surface area contributed by atoms with Gasteiger partial charge < -0.3 is 25.3 Å². The van der Waals surface area contributed by atoms with Crippen LogP contribution in [0, 0.1) is 5.92 Å². The van der Waals surface area contributed by atoms with Crippen LogP contribution in [-0.2, 0) is 17.8 Å². The molecule has 11 nitrogen and oxygen atoms in total. The zero-order chi connectivity index (χ0) is 25.5. The van der Waals surface area contributed by atoms with Crippen molar-refractivity contribution >= 4 is 23.0 Å². The fourth-order valence-electron chi connectivity index (χ4n) is 4.44. The van der Waals surface area contributed by atoms with Crippen molar-refractivity contribution in [2.45, 2.75) is 45.6 Å². The number of hydrogen-bond acceptors (Lipinski definition) is 8. The first-order valence-corrected chi connectivity index (χ1v) is 12.5. The van der Waals surface area contributed by atoms with Crippen LogP contribution in [0.4, 0.5) is 5.82 Å². The highest BCUT2D eigenvalue weighted by molar-refractivity contribution is 5.81. The third kappa shape index (κ3) is 6.54. The van der Waals surface area contributed by atoms with Crippen LogP contribution >= 0.6 is 0 Å². The number of unbranched alkanes of at least 4 members (excludes halogenated alkanes) is 1. The number of nitrogens with zero attached hydrogens (tertiary/aromatic N) is 4. The van der Waals surface area contributed by atoms with Crippen LogP contribution in [0.5, 0.6) is 11.8 Å². The molecule has 1 saturated heterocycles. The number of piperidine rings is 1. The third-order valence-electron chi connectivity index (χ3n) is 6.44. The van der Waals surface area contributed by atoms with E-state index in [4.69, 9.17) is 20.3 Å². The van der Waals surface area contributed by atoms with Crippen molar-refractivity contribution in [1.82, 2.24) is 24.4 Å². The molecule has 2 aromatic heterocycles. The number of anilines is 1. The van der Waals surface area contributed by atoms with E-state index in [0.29, 0.717) is 42.6 Å². The number of aromatic amines is 1. The Morgan fingerprint density at radius 3 is 2.78 bits per heavy atom. The largest absolute Gasteiger partial charge is 0.492 e. The van der Waals surface area contributed by atoms with Crippen molar-refractivity contribution in [3.05, 3.63) is 40.3 Å². The molecule has 4 N–H and O–H groups in total. The molecule has 0 unspecified atom stereocenters. The van der Waals surface area contributed by atoms with Gasteiger partial charge in [0.1, 0.15) is 17.9 Å². The van der Waals surface area contributed by atoms with E-state index in [1.165, 1.54) is 0 Å². The van der Waals surface area contributed by atoms with Gasteiger partial charge in [0.2, 0.25) is 0 Å². The number of imidazole rings is 1. The molecular formula is C25H34N6O5. The third-order valence-corrected chi connectivity index (χ3v) is 6.44. The highest BCUT2D eigenvalue weighted by Crippen LogP contribution is 2.23. The quantitative estimate of drug-likeness (QED) is 0.320. The minimum Gasteiger partial charge on any atom is -0.492 e. The first-order valence-electron chi connectivity index (χ1n) is 12.5. The van der Waals surface area contributed by atoms with Crippen LogP contribution in [0.2, 0.25) is 0 Å². The number of fused-ring (bicyclic) bond motifs is 1. The molecule has 0 radical (unpaired) electrons. The molecule has 0 bridgehead atoms. The first kappa shape index (κ1) is 25.5. The molecule has 194 valence electrons. The zero-order valence-corrected chi connectivity index (χ0v) is 20.6. The van der Waals surface area contributed by atoms with Gasteiger partial charge in [-0.05, 0) is 56.0 Å². The zero-order valence-electron chi connectivity index (χ0n) is 20.6. The summed E-state index contributed by atoms with van der Waals surface area (Å²) in [5.74, 6) is 0.376. The normalized spacial score (nSPS) is 14.8. The number of hydrogen-bond donors (Lipinski definition) is 3. The van der Waals surface area contributed by atoms with Gasteiger partial charge in [-0.1, -0.05) is 25.5 Å². The SMILES string of the molecule is CCCCOc1nc(N)c2[nH]c(=O)n(CC3CCN(CCOc4cccc(CC(=O)O)c4)CC3)c2n1. The molecule has 4 rings (SSSR count). The average Bonchev–Trinajstić information content (AvgIpc) is 3.16. The molecular weight excluding hydrogens is 464 g/mol. The van der Waals surface area contributed by atoms with Gasteiger partial charge in [-0.15, -0.1) is 0 Å². The van der Waals surface area contributed by atoms with Crippen molar-refractivity contribution < 1.29 is 19.4 Å². The van der Waals surface area contributed by atoms with Gasteiger partial charge in [0.05, 0.1) is 13.0 Å². The van der Waals surface area contributed by atoms with E-state index in [2.05, 4.69) is 26.8 Å². The summed E-state index contributed by atoms with van der Waals surface area (Å²) in [5, 5.41) is 8.95. The van der Waals surface area contributed by atoms with Gasteiger partial charge >= 0.3 is 17.7 Å². The highest BCUT2D eigenvalue weighted by atomic mass is 16.5. The predicted octanol–water partition coefficient (Wildman–Crippen LogP) is 2.30. The minimum absolute atomic E-state index is 0.0178. The Labute approximate surface area is 209 Å². The number of nitrogens with two attached hydrogens (primary N) is 1. The number of benzene rings is 1. The van der Waals surface area contributed by atoms with E-state index in [-0.39, 0.29) is 23.9 Å². The molecule has 3 heterocycles. The van der Waals surface area contributed by atoms with Gasteiger partial charge in [0.25, 0.3) is 0 Å². The number of aromatic nitrogens is 4. The van der Waals surface area contributed by atoms with Crippen molar-refractivity contribution in [1.29, 1.82) is 0 Å². The molecule has 0 atom stereocenters. The van der Waals surface area contributed by atoms with Crippen LogP contribution in [0.1, 0.15) is 38.2 Å². The maximum absolute atomic E-state index is 12.6. The van der Waals surface area contributed by atoms with Crippen LogP contribution in [-0.4, -0.2) is 68.3 Å².